The van der Waals surface area contributed by atoms with E-state index in [2.05, 4.69) is 20.8 Å². The van der Waals surface area contributed by atoms with Gasteiger partial charge >= 0.3 is 0 Å². The zero-order valence-corrected chi connectivity index (χ0v) is 14.5. The Labute approximate surface area is 126 Å². The highest BCUT2D eigenvalue weighted by molar-refractivity contribution is 4.77. The maximum atomic E-state index is 10.0. The Bertz CT molecular complexity index is 236. The van der Waals surface area contributed by atoms with Crippen molar-refractivity contribution in [2.24, 2.45) is 0 Å². The summed E-state index contributed by atoms with van der Waals surface area (Å²) >= 11 is 0. The summed E-state index contributed by atoms with van der Waals surface area (Å²) in [5.41, 5.74) is -0.716. The predicted octanol–water partition coefficient (Wildman–Crippen LogP) is 4.32. The van der Waals surface area contributed by atoms with E-state index in [0.717, 1.165) is 45.3 Å². The average molecular weight is 288 g/mol. The van der Waals surface area contributed by atoms with Crippen LogP contribution in [0.4, 0.5) is 0 Å². The first-order chi connectivity index (χ1) is 9.25. The molecule has 0 amide bonds. The van der Waals surface area contributed by atoms with E-state index in [4.69, 9.17) is 9.47 Å². The molecule has 2 unspecified atom stereocenters. The normalized spacial score (nSPS) is 16.9. The molecule has 3 nitrogen and oxygen atoms in total. The average Bonchev–Trinajstić information content (AvgIpc) is 2.40. The van der Waals surface area contributed by atoms with E-state index in [1.807, 2.05) is 20.8 Å². The lowest BCUT2D eigenvalue weighted by atomic mass is 9.97. The van der Waals surface area contributed by atoms with Gasteiger partial charge in [-0.3, -0.25) is 0 Å². The van der Waals surface area contributed by atoms with E-state index >= 15 is 0 Å². The van der Waals surface area contributed by atoms with E-state index < -0.39 is 5.60 Å². The zero-order chi connectivity index (χ0) is 15.6. The molecule has 2 atom stereocenters. The number of ether oxygens (including phenoxy) is 2. The van der Waals surface area contributed by atoms with E-state index in [9.17, 15) is 5.11 Å². The van der Waals surface area contributed by atoms with Gasteiger partial charge in [-0.25, -0.2) is 0 Å². The monoisotopic (exact) mass is 288 g/mol. The quantitative estimate of drug-likeness (QED) is 0.544. The molecule has 0 aliphatic carbocycles. The summed E-state index contributed by atoms with van der Waals surface area (Å²) < 4.78 is 11.5. The number of rotatable bonds is 12. The second kappa shape index (κ2) is 9.75. The van der Waals surface area contributed by atoms with Gasteiger partial charge < -0.3 is 14.6 Å². The molecule has 0 aliphatic heterocycles. The van der Waals surface area contributed by atoms with Crippen LogP contribution in [0, 0.1) is 0 Å². The van der Waals surface area contributed by atoms with Crippen molar-refractivity contribution in [1.82, 2.24) is 0 Å². The summed E-state index contributed by atoms with van der Waals surface area (Å²) in [7, 11) is 0. The highest BCUT2D eigenvalue weighted by Crippen LogP contribution is 2.20. The second-order valence-electron chi connectivity index (χ2n) is 6.64. The standard InChI is InChI=1S/C17H36O3/c1-7-13-20-16(4,5)12-10-9-11-14-19-15(3)17(6,18)8-2/h15,18H,7-14H2,1-6H3. The molecule has 0 saturated heterocycles. The first-order valence-electron chi connectivity index (χ1n) is 8.23. The SMILES string of the molecule is CCCOC(C)(C)CCCCCOC(C)C(C)(O)CC. The molecule has 0 spiro atoms. The van der Waals surface area contributed by atoms with Crippen LogP contribution >= 0.6 is 0 Å². The van der Waals surface area contributed by atoms with Gasteiger partial charge in [0.25, 0.3) is 0 Å². The van der Waals surface area contributed by atoms with E-state index in [1.54, 1.807) is 0 Å². The topological polar surface area (TPSA) is 38.7 Å². The van der Waals surface area contributed by atoms with Crippen molar-refractivity contribution in [3.63, 3.8) is 0 Å². The van der Waals surface area contributed by atoms with Crippen LogP contribution in [-0.2, 0) is 9.47 Å². The van der Waals surface area contributed by atoms with Crippen molar-refractivity contribution in [1.29, 1.82) is 0 Å². The minimum atomic E-state index is -0.712. The number of hydrogen-bond donors (Lipinski definition) is 1. The second-order valence-corrected chi connectivity index (χ2v) is 6.64. The zero-order valence-electron chi connectivity index (χ0n) is 14.5. The van der Waals surface area contributed by atoms with Gasteiger partial charge in [-0.15, -0.1) is 0 Å². The summed E-state index contributed by atoms with van der Waals surface area (Å²) in [6.45, 7) is 13.8. The fourth-order valence-corrected chi connectivity index (χ4v) is 2.01. The summed E-state index contributed by atoms with van der Waals surface area (Å²) in [6, 6.07) is 0. The summed E-state index contributed by atoms with van der Waals surface area (Å²) in [6.07, 6.45) is 6.16. The Balaban J connectivity index is 3.63. The maximum absolute atomic E-state index is 10.0. The first kappa shape index (κ1) is 19.9. The summed E-state index contributed by atoms with van der Waals surface area (Å²) in [5.74, 6) is 0. The smallest absolute Gasteiger partial charge is 0.0874 e. The Kier molecular flexibility index (Phi) is 9.69. The van der Waals surface area contributed by atoms with Crippen molar-refractivity contribution in [3.05, 3.63) is 0 Å². The molecule has 0 aromatic carbocycles. The molecule has 0 radical (unpaired) electrons. The van der Waals surface area contributed by atoms with Crippen LogP contribution in [0.3, 0.4) is 0 Å². The van der Waals surface area contributed by atoms with E-state index in [1.165, 1.54) is 6.42 Å². The van der Waals surface area contributed by atoms with Crippen LogP contribution in [0.5, 0.6) is 0 Å². The molecule has 1 N–H and O–H groups in total. The molecule has 0 rings (SSSR count). The third kappa shape index (κ3) is 8.93. The molecule has 0 aliphatic rings. The molecule has 0 bridgehead atoms. The lowest BCUT2D eigenvalue weighted by molar-refractivity contribution is -0.0920. The van der Waals surface area contributed by atoms with Crippen molar-refractivity contribution in [2.75, 3.05) is 13.2 Å². The van der Waals surface area contributed by atoms with Gasteiger partial charge in [0.1, 0.15) is 0 Å². The van der Waals surface area contributed by atoms with Gasteiger partial charge in [-0.05, 0) is 53.4 Å². The van der Waals surface area contributed by atoms with Crippen LogP contribution in [0.15, 0.2) is 0 Å². The third-order valence-corrected chi connectivity index (χ3v) is 4.08. The molecule has 0 saturated carbocycles. The van der Waals surface area contributed by atoms with E-state index in [0.29, 0.717) is 0 Å². The predicted molar refractivity (Wildman–Crippen MR) is 85.1 cm³/mol. The van der Waals surface area contributed by atoms with Crippen LogP contribution in [-0.4, -0.2) is 35.6 Å². The minimum absolute atomic E-state index is 0.00393. The Morgan fingerprint density at radius 1 is 1.00 bits per heavy atom. The maximum Gasteiger partial charge on any atom is 0.0874 e. The minimum Gasteiger partial charge on any atom is -0.387 e. The van der Waals surface area contributed by atoms with Gasteiger partial charge in [0.2, 0.25) is 0 Å². The molecule has 0 aromatic rings. The van der Waals surface area contributed by atoms with Crippen LogP contribution in [0.25, 0.3) is 0 Å². The number of unbranched alkanes of at least 4 members (excludes halogenated alkanes) is 2. The molecular weight excluding hydrogens is 252 g/mol. The van der Waals surface area contributed by atoms with Crippen molar-refractivity contribution in [3.8, 4) is 0 Å². The molecule has 0 fully saturated rings. The molecule has 0 aromatic heterocycles. The first-order valence-corrected chi connectivity index (χ1v) is 8.23. The Hall–Kier alpha value is -0.120. The Morgan fingerprint density at radius 3 is 2.20 bits per heavy atom. The molecule has 122 valence electrons. The molecule has 0 heterocycles. The van der Waals surface area contributed by atoms with Gasteiger partial charge in [0.15, 0.2) is 0 Å². The largest absolute Gasteiger partial charge is 0.387 e. The van der Waals surface area contributed by atoms with Crippen LogP contribution < -0.4 is 0 Å². The molecule has 20 heavy (non-hydrogen) atoms. The number of aliphatic hydroxyl groups is 1. The lowest BCUT2D eigenvalue weighted by Crippen LogP contribution is -2.38. The highest BCUT2D eigenvalue weighted by Gasteiger charge is 2.26. The third-order valence-electron chi connectivity index (χ3n) is 4.08. The van der Waals surface area contributed by atoms with Gasteiger partial charge in [0.05, 0.1) is 17.3 Å². The van der Waals surface area contributed by atoms with Crippen molar-refractivity contribution >= 4 is 0 Å². The van der Waals surface area contributed by atoms with E-state index in [-0.39, 0.29) is 11.7 Å². The molecular formula is C17H36O3. The fraction of sp³-hybridized carbons (Fsp3) is 1.00. The molecule has 3 heteroatoms. The van der Waals surface area contributed by atoms with Crippen LogP contribution in [0.2, 0.25) is 0 Å². The highest BCUT2D eigenvalue weighted by atomic mass is 16.5. The fourth-order valence-electron chi connectivity index (χ4n) is 2.01. The van der Waals surface area contributed by atoms with Gasteiger partial charge in [0, 0.05) is 13.2 Å². The lowest BCUT2D eigenvalue weighted by Gasteiger charge is -2.29. The Morgan fingerprint density at radius 2 is 1.65 bits per heavy atom. The summed E-state index contributed by atoms with van der Waals surface area (Å²) in [5, 5.41) is 10.0. The summed E-state index contributed by atoms with van der Waals surface area (Å²) in [4.78, 5) is 0. The van der Waals surface area contributed by atoms with Crippen LogP contribution in [0.1, 0.15) is 80.1 Å². The van der Waals surface area contributed by atoms with Crippen molar-refractivity contribution < 1.29 is 14.6 Å². The number of hydrogen-bond acceptors (Lipinski definition) is 3. The van der Waals surface area contributed by atoms with Crippen molar-refractivity contribution in [2.45, 2.75) is 97.4 Å². The van der Waals surface area contributed by atoms with Gasteiger partial charge in [-0.1, -0.05) is 26.7 Å². The van der Waals surface area contributed by atoms with Gasteiger partial charge in [-0.2, -0.15) is 0 Å².